The van der Waals surface area contributed by atoms with Crippen molar-refractivity contribution in [3.8, 4) is 0 Å². The second-order valence-electron chi connectivity index (χ2n) is 6.09. The lowest BCUT2D eigenvalue weighted by atomic mass is 10.1. The number of nitrogens with zero attached hydrogens (tertiary/aromatic N) is 3. The summed E-state index contributed by atoms with van der Waals surface area (Å²) in [5.74, 6) is 1.29. The number of benzene rings is 1. The maximum Gasteiger partial charge on any atom is 0.231 e. The zero-order chi connectivity index (χ0) is 15.8. The largest absolute Gasteiger partial charge is 0.356 e. The normalized spacial score (nSPS) is 15.7. The Bertz CT molecular complexity index is 847. The third kappa shape index (κ3) is 2.72. The van der Waals surface area contributed by atoms with E-state index in [0.29, 0.717) is 23.2 Å². The third-order valence-electron chi connectivity index (χ3n) is 4.41. The number of carbonyl (C=O) groups excluding carboxylic acids is 1. The van der Waals surface area contributed by atoms with Gasteiger partial charge in [0.15, 0.2) is 5.58 Å². The van der Waals surface area contributed by atoms with Gasteiger partial charge in [-0.1, -0.05) is 17.3 Å². The molecule has 0 saturated heterocycles. The monoisotopic (exact) mass is 310 g/mol. The molecule has 3 aromatic rings. The molecule has 1 aliphatic rings. The van der Waals surface area contributed by atoms with Crippen LogP contribution < -0.4 is 5.32 Å². The van der Waals surface area contributed by atoms with Crippen molar-refractivity contribution < 1.29 is 9.32 Å². The van der Waals surface area contributed by atoms with Gasteiger partial charge in [0.2, 0.25) is 5.91 Å². The summed E-state index contributed by atoms with van der Waals surface area (Å²) in [6.45, 7) is 2.14. The number of hydrogen-bond donors (Lipinski definition) is 1. The predicted molar refractivity (Wildman–Crippen MR) is 86.0 cm³/mol. The fraction of sp³-hybridized carbons (Fsp3) is 0.353. The van der Waals surface area contributed by atoms with E-state index >= 15 is 0 Å². The first-order chi connectivity index (χ1) is 11.2. The van der Waals surface area contributed by atoms with Crippen LogP contribution in [0.4, 0.5) is 5.82 Å². The number of amides is 1. The predicted octanol–water partition coefficient (Wildman–Crippen LogP) is 3.18. The molecule has 4 rings (SSSR count). The number of nitrogens with one attached hydrogen (secondary N) is 1. The molecule has 1 N–H and O–H groups in total. The minimum atomic E-state index is -0.117. The Hall–Kier alpha value is -2.63. The molecule has 23 heavy (non-hydrogen) atoms. The molecule has 6 nitrogen and oxygen atoms in total. The van der Waals surface area contributed by atoms with Crippen LogP contribution in [0.2, 0.25) is 0 Å². The average Bonchev–Trinajstić information content (AvgIpc) is 3.19. The van der Waals surface area contributed by atoms with Gasteiger partial charge in [0.25, 0.3) is 0 Å². The van der Waals surface area contributed by atoms with Crippen LogP contribution in [0.1, 0.15) is 31.5 Å². The second kappa shape index (κ2) is 5.53. The Morgan fingerprint density at radius 2 is 2.22 bits per heavy atom. The molecule has 2 aromatic heterocycles. The van der Waals surface area contributed by atoms with Gasteiger partial charge in [0.05, 0.1) is 18.7 Å². The van der Waals surface area contributed by atoms with E-state index in [4.69, 9.17) is 4.52 Å². The number of fused-ring (bicyclic) bond motifs is 1. The molecule has 0 bridgehead atoms. The number of carbonyl (C=O) groups is 1. The van der Waals surface area contributed by atoms with Gasteiger partial charge in [-0.15, -0.1) is 0 Å². The van der Waals surface area contributed by atoms with Crippen molar-refractivity contribution in [2.75, 3.05) is 5.32 Å². The summed E-state index contributed by atoms with van der Waals surface area (Å²) in [5.41, 5.74) is 1.35. The zero-order valence-electron chi connectivity index (χ0n) is 12.9. The molecule has 6 heteroatoms. The first-order valence-electron chi connectivity index (χ1n) is 7.89. The van der Waals surface area contributed by atoms with Gasteiger partial charge in [-0.3, -0.25) is 4.79 Å². The molecule has 118 valence electrons. The van der Waals surface area contributed by atoms with E-state index in [0.717, 1.165) is 11.2 Å². The molecule has 1 unspecified atom stereocenters. The van der Waals surface area contributed by atoms with Gasteiger partial charge in [-0.2, -0.15) is 5.10 Å². The third-order valence-corrected chi connectivity index (χ3v) is 4.41. The molecule has 1 aliphatic carbocycles. The lowest BCUT2D eigenvalue weighted by Crippen LogP contribution is -2.20. The van der Waals surface area contributed by atoms with Crippen LogP contribution in [0.3, 0.4) is 0 Å². The highest BCUT2D eigenvalue weighted by Crippen LogP contribution is 2.40. The van der Waals surface area contributed by atoms with Gasteiger partial charge < -0.3 is 9.84 Å². The highest BCUT2D eigenvalue weighted by Gasteiger charge is 2.30. The van der Waals surface area contributed by atoms with Gasteiger partial charge in [-0.25, -0.2) is 4.68 Å². The van der Waals surface area contributed by atoms with Crippen LogP contribution >= 0.6 is 0 Å². The highest BCUT2D eigenvalue weighted by atomic mass is 16.5. The lowest BCUT2D eigenvalue weighted by Gasteiger charge is -2.15. The van der Waals surface area contributed by atoms with E-state index in [-0.39, 0.29) is 12.3 Å². The SMILES string of the molecule is CC(C1CC1)n1nccc1NC(=O)Cc1noc2ccccc12. The standard InChI is InChI=1S/C17H18N4O2/c1-11(12-6-7-12)21-16(8-9-18-21)19-17(22)10-14-13-4-2-3-5-15(13)23-20-14/h2-5,8-9,11-12H,6-7,10H2,1H3,(H,19,22). The zero-order valence-corrected chi connectivity index (χ0v) is 12.9. The number of aromatic nitrogens is 3. The van der Waals surface area contributed by atoms with E-state index in [1.54, 1.807) is 6.20 Å². The molecular weight excluding hydrogens is 292 g/mol. The molecular formula is C17H18N4O2. The molecule has 0 spiro atoms. The van der Waals surface area contributed by atoms with Crippen LogP contribution in [0.25, 0.3) is 11.0 Å². The molecule has 1 atom stereocenters. The van der Waals surface area contributed by atoms with E-state index in [1.165, 1.54) is 12.8 Å². The van der Waals surface area contributed by atoms with Crippen molar-refractivity contribution in [3.63, 3.8) is 0 Å². The Morgan fingerprint density at radius 1 is 1.39 bits per heavy atom. The van der Waals surface area contributed by atoms with Crippen molar-refractivity contribution in [2.45, 2.75) is 32.2 Å². The molecule has 1 amide bonds. The fourth-order valence-electron chi connectivity index (χ4n) is 2.92. The van der Waals surface area contributed by atoms with E-state index in [2.05, 4.69) is 22.5 Å². The number of hydrogen-bond acceptors (Lipinski definition) is 4. The van der Waals surface area contributed by atoms with Crippen LogP contribution in [-0.4, -0.2) is 20.8 Å². The summed E-state index contributed by atoms with van der Waals surface area (Å²) in [5, 5.41) is 12.2. The van der Waals surface area contributed by atoms with Gasteiger partial charge in [0, 0.05) is 11.5 Å². The summed E-state index contributed by atoms with van der Waals surface area (Å²) in [4.78, 5) is 12.3. The molecule has 2 heterocycles. The molecule has 1 saturated carbocycles. The van der Waals surface area contributed by atoms with Crippen molar-refractivity contribution in [2.24, 2.45) is 5.92 Å². The van der Waals surface area contributed by atoms with Crippen molar-refractivity contribution >= 4 is 22.7 Å². The first kappa shape index (κ1) is 14.0. The summed E-state index contributed by atoms with van der Waals surface area (Å²) < 4.78 is 7.14. The van der Waals surface area contributed by atoms with Crippen LogP contribution in [0.5, 0.6) is 0 Å². The number of para-hydroxylation sites is 1. The maximum absolute atomic E-state index is 12.3. The number of rotatable bonds is 5. The van der Waals surface area contributed by atoms with Crippen molar-refractivity contribution in [1.29, 1.82) is 0 Å². The molecule has 1 fully saturated rings. The quantitative estimate of drug-likeness (QED) is 0.785. The van der Waals surface area contributed by atoms with Crippen molar-refractivity contribution in [3.05, 3.63) is 42.2 Å². The van der Waals surface area contributed by atoms with E-state index in [1.807, 2.05) is 35.0 Å². The van der Waals surface area contributed by atoms with Crippen LogP contribution in [0.15, 0.2) is 41.1 Å². The second-order valence-corrected chi connectivity index (χ2v) is 6.09. The Kier molecular flexibility index (Phi) is 3.37. The summed E-state index contributed by atoms with van der Waals surface area (Å²) >= 11 is 0. The maximum atomic E-state index is 12.3. The first-order valence-corrected chi connectivity index (χ1v) is 7.89. The van der Waals surface area contributed by atoms with Crippen molar-refractivity contribution in [1.82, 2.24) is 14.9 Å². The molecule has 0 radical (unpaired) electrons. The minimum Gasteiger partial charge on any atom is -0.356 e. The molecule has 0 aliphatic heterocycles. The van der Waals surface area contributed by atoms with E-state index in [9.17, 15) is 4.79 Å². The Labute approximate surface area is 133 Å². The minimum absolute atomic E-state index is 0.117. The average molecular weight is 310 g/mol. The van der Waals surface area contributed by atoms with Gasteiger partial charge in [-0.05, 0) is 37.8 Å². The Morgan fingerprint density at radius 3 is 3.04 bits per heavy atom. The van der Waals surface area contributed by atoms with Crippen LogP contribution in [0, 0.1) is 5.92 Å². The van der Waals surface area contributed by atoms with Crippen LogP contribution in [-0.2, 0) is 11.2 Å². The van der Waals surface area contributed by atoms with E-state index < -0.39 is 0 Å². The Balaban J connectivity index is 1.49. The highest BCUT2D eigenvalue weighted by molar-refractivity contribution is 5.94. The van der Waals surface area contributed by atoms with Gasteiger partial charge in [0.1, 0.15) is 11.5 Å². The number of anilines is 1. The fourth-order valence-corrected chi connectivity index (χ4v) is 2.92. The van der Waals surface area contributed by atoms with Gasteiger partial charge >= 0.3 is 0 Å². The topological polar surface area (TPSA) is 73.0 Å². The smallest absolute Gasteiger partial charge is 0.231 e. The molecule has 1 aromatic carbocycles. The summed E-state index contributed by atoms with van der Waals surface area (Å²) in [7, 11) is 0. The lowest BCUT2D eigenvalue weighted by molar-refractivity contribution is -0.115. The summed E-state index contributed by atoms with van der Waals surface area (Å²) in [6.07, 6.45) is 4.37. The summed E-state index contributed by atoms with van der Waals surface area (Å²) in [6, 6.07) is 9.69.